The van der Waals surface area contributed by atoms with E-state index in [9.17, 15) is 21.6 Å². The first kappa shape index (κ1) is 19.5. The number of halogens is 4. The molecular weight excluding hydrogens is 365 g/mol. The topological polar surface area (TPSA) is 49.4 Å². The first-order chi connectivity index (χ1) is 11.2. The van der Waals surface area contributed by atoms with Crippen molar-refractivity contribution in [1.82, 2.24) is 9.62 Å². The van der Waals surface area contributed by atoms with Crippen LogP contribution in [-0.2, 0) is 16.2 Å². The van der Waals surface area contributed by atoms with Crippen molar-refractivity contribution in [3.63, 3.8) is 0 Å². The molecule has 1 aliphatic heterocycles. The van der Waals surface area contributed by atoms with Crippen molar-refractivity contribution in [1.29, 1.82) is 0 Å². The lowest BCUT2D eigenvalue weighted by molar-refractivity contribution is -0.137. The van der Waals surface area contributed by atoms with Crippen LogP contribution in [0.4, 0.5) is 13.2 Å². The summed E-state index contributed by atoms with van der Waals surface area (Å²) in [7, 11) is -4.02. The van der Waals surface area contributed by atoms with Gasteiger partial charge in [-0.25, -0.2) is 8.42 Å². The van der Waals surface area contributed by atoms with Gasteiger partial charge in [-0.05, 0) is 50.6 Å². The number of alkyl halides is 3. The Kier molecular flexibility index (Phi) is 6.17. The number of nitrogens with zero attached hydrogens (tertiary/aromatic N) is 1. The summed E-state index contributed by atoms with van der Waals surface area (Å²) in [6, 6.07) is 2.54. The quantitative estimate of drug-likeness (QED) is 0.845. The zero-order valence-electron chi connectivity index (χ0n) is 13.2. The standard InChI is InChI=1S/C15H20ClF3N2O2S/c1-2-9-21(11-5-7-20-8-6-11)24(22,23)12-3-4-14(16)13(10-12)15(17,18)19/h3-4,10-11,20H,2,5-9H2,1H3. The predicted octanol–water partition coefficient (Wildman–Crippen LogP) is 3.51. The molecule has 0 radical (unpaired) electrons. The minimum atomic E-state index is -4.70. The average Bonchev–Trinajstić information content (AvgIpc) is 2.52. The largest absolute Gasteiger partial charge is 0.417 e. The molecule has 1 N–H and O–H groups in total. The highest BCUT2D eigenvalue weighted by atomic mass is 35.5. The number of nitrogens with one attached hydrogen (secondary N) is 1. The second kappa shape index (κ2) is 7.59. The van der Waals surface area contributed by atoms with Gasteiger partial charge in [-0.15, -0.1) is 0 Å². The second-order valence-corrected chi connectivity index (χ2v) is 8.03. The van der Waals surface area contributed by atoms with Gasteiger partial charge in [0.2, 0.25) is 10.0 Å². The molecule has 9 heteroatoms. The third-order valence-corrected chi connectivity index (χ3v) is 6.29. The Labute approximate surface area is 145 Å². The molecule has 4 nitrogen and oxygen atoms in total. The number of benzene rings is 1. The van der Waals surface area contributed by atoms with Crippen molar-refractivity contribution in [2.24, 2.45) is 0 Å². The summed E-state index contributed by atoms with van der Waals surface area (Å²) < 4.78 is 66.2. The minimum absolute atomic E-state index is 0.207. The van der Waals surface area contributed by atoms with E-state index < -0.39 is 26.8 Å². The van der Waals surface area contributed by atoms with E-state index in [0.717, 1.165) is 12.1 Å². The molecule has 1 saturated heterocycles. The van der Waals surface area contributed by atoms with Gasteiger partial charge < -0.3 is 5.32 Å². The number of piperidine rings is 1. The molecule has 1 aliphatic rings. The Morgan fingerprint density at radius 3 is 2.46 bits per heavy atom. The van der Waals surface area contributed by atoms with Crippen LogP contribution in [0, 0.1) is 0 Å². The van der Waals surface area contributed by atoms with Crippen LogP contribution < -0.4 is 5.32 Å². The molecule has 1 aromatic rings. The van der Waals surface area contributed by atoms with E-state index in [4.69, 9.17) is 11.6 Å². The molecule has 1 heterocycles. The SMILES string of the molecule is CCCN(C1CCNCC1)S(=O)(=O)c1ccc(Cl)c(C(F)(F)F)c1. The van der Waals surface area contributed by atoms with Gasteiger partial charge in [0.15, 0.2) is 0 Å². The number of rotatable bonds is 5. The van der Waals surface area contributed by atoms with E-state index in [1.54, 1.807) is 0 Å². The summed E-state index contributed by atoms with van der Waals surface area (Å²) in [6.45, 7) is 3.49. The minimum Gasteiger partial charge on any atom is -0.317 e. The predicted molar refractivity (Wildman–Crippen MR) is 86.5 cm³/mol. The summed E-state index contributed by atoms with van der Waals surface area (Å²) in [4.78, 5) is -0.369. The van der Waals surface area contributed by atoms with Crippen LogP contribution in [0.2, 0.25) is 5.02 Å². The highest BCUT2D eigenvalue weighted by Gasteiger charge is 2.37. The van der Waals surface area contributed by atoms with Crippen molar-refractivity contribution in [2.45, 2.75) is 43.3 Å². The highest BCUT2D eigenvalue weighted by molar-refractivity contribution is 7.89. The number of sulfonamides is 1. The van der Waals surface area contributed by atoms with Crippen LogP contribution in [0.1, 0.15) is 31.7 Å². The molecule has 1 aromatic carbocycles. The maximum Gasteiger partial charge on any atom is 0.417 e. The molecule has 0 bridgehead atoms. The smallest absolute Gasteiger partial charge is 0.317 e. The van der Waals surface area contributed by atoms with Gasteiger partial charge in [-0.2, -0.15) is 17.5 Å². The summed E-state index contributed by atoms with van der Waals surface area (Å²) in [5.74, 6) is 0. The fourth-order valence-corrected chi connectivity index (χ4v) is 4.86. The maximum atomic E-state index is 13.0. The monoisotopic (exact) mass is 384 g/mol. The van der Waals surface area contributed by atoms with Crippen LogP contribution in [0.3, 0.4) is 0 Å². The van der Waals surface area contributed by atoms with Gasteiger partial charge in [0.25, 0.3) is 0 Å². The van der Waals surface area contributed by atoms with Crippen molar-refractivity contribution in [3.05, 3.63) is 28.8 Å². The van der Waals surface area contributed by atoms with Crippen molar-refractivity contribution in [3.8, 4) is 0 Å². The van der Waals surface area contributed by atoms with Crippen molar-refractivity contribution in [2.75, 3.05) is 19.6 Å². The molecular formula is C15H20ClF3N2O2S. The lowest BCUT2D eigenvalue weighted by Gasteiger charge is -2.33. The fourth-order valence-electron chi connectivity index (χ4n) is 2.83. The molecule has 0 unspecified atom stereocenters. The van der Waals surface area contributed by atoms with Crippen molar-refractivity contribution < 1.29 is 21.6 Å². The fraction of sp³-hybridized carbons (Fsp3) is 0.600. The van der Waals surface area contributed by atoms with E-state index in [-0.39, 0.29) is 17.5 Å². The normalized spacial score (nSPS) is 17.4. The zero-order valence-corrected chi connectivity index (χ0v) is 14.8. The lowest BCUT2D eigenvalue weighted by atomic mass is 10.1. The van der Waals surface area contributed by atoms with Crippen LogP contribution in [-0.4, -0.2) is 38.4 Å². The summed E-state index contributed by atoms with van der Waals surface area (Å²) in [6.07, 6.45) is -2.84. The molecule has 24 heavy (non-hydrogen) atoms. The van der Waals surface area contributed by atoms with Gasteiger partial charge in [-0.1, -0.05) is 18.5 Å². The lowest BCUT2D eigenvalue weighted by Crippen LogP contribution is -2.46. The molecule has 0 atom stereocenters. The number of hydrogen-bond acceptors (Lipinski definition) is 3. The summed E-state index contributed by atoms with van der Waals surface area (Å²) in [5, 5.41) is 2.64. The van der Waals surface area contributed by atoms with Gasteiger partial charge in [0, 0.05) is 12.6 Å². The Morgan fingerprint density at radius 1 is 1.29 bits per heavy atom. The third-order valence-electron chi connectivity index (χ3n) is 4.01. The Hall–Kier alpha value is -0.830. The molecule has 0 amide bonds. The Bertz CT molecular complexity index is 674. The van der Waals surface area contributed by atoms with Gasteiger partial charge in [-0.3, -0.25) is 0 Å². The Morgan fingerprint density at radius 2 is 1.92 bits per heavy atom. The van der Waals surface area contributed by atoms with E-state index in [1.165, 1.54) is 4.31 Å². The average molecular weight is 385 g/mol. The highest BCUT2D eigenvalue weighted by Crippen LogP contribution is 2.36. The third kappa shape index (κ3) is 4.22. The molecule has 0 spiro atoms. The van der Waals surface area contributed by atoms with Crippen LogP contribution in [0.5, 0.6) is 0 Å². The molecule has 136 valence electrons. The van der Waals surface area contributed by atoms with Gasteiger partial charge in [0.05, 0.1) is 15.5 Å². The second-order valence-electron chi connectivity index (χ2n) is 5.74. The van der Waals surface area contributed by atoms with E-state index in [1.807, 2.05) is 6.92 Å². The molecule has 1 fully saturated rings. The molecule has 0 saturated carbocycles. The molecule has 0 aromatic heterocycles. The van der Waals surface area contributed by atoms with E-state index in [0.29, 0.717) is 38.4 Å². The van der Waals surface area contributed by atoms with E-state index in [2.05, 4.69) is 5.32 Å². The summed E-state index contributed by atoms with van der Waals surface area (Å²) >= 11 is 5.58. The first-order valence-corrected chi connectivity index (χ1v) is 9.59. The first-order valence-electron chi connectivity index (χ1n) is 7.77. The van der Waals surface area contributed by atoms with E-state index >= 15 is 0 Å². The van der Waals surface area contributed by atoms with Crippen molar-refractivity contribution >= 4 is 21.6 Å². The molecule has 2 rings (SSSR count). The molecule has 0 aliphatic carbocycles. The van der Waals surface area contributed by atoms with Crippen LogP contribution in [0.25, 0.3) is 0 Å². The van der Waals surface area contributed by atoms with Crippen LogP contribution >= 0.6 is 11.6 Å². The number of hydrogen-bond donors (Lipinski definition) is 1. The Balaban J connectivity index is 2.43. The van der Waals surface area contributed by atoms with Gasteiger partial charge in [0.1, 0.15) is 0 Å². The van der Waals surface area contributed by atoms with Crippen LogP contribution in [0.15, 0.2) is 23.1 Å². The zero-order chi connectivity index (χ0) is 18.0. The maximum absolute atomic E-state index is 13.0. The summed E-state index contributed by atoms with van der Waals surface area (Å²) in [5.41, 5.74) is -1.13. The van der Waals surface area contributed by atoms with Gasteiger partial charge >= 0.3 is 6.18 Å².